The minimum absolute atomic E-state index is 0.0576. The maximum absolute atomic E-state index is 12.6. The number of anilines is 1. The van der Waals surface area contributed by atoms with Crippen molar-refractivity contribution in [3.63, 3.8) is 0 Å². The number of urea groups is 1. The van der Waals surface area contributed by atoms with Crippen LogP contribution >= 0.6 is 0 Å². The van der Waals surface area contributed by atoms with Crippen molar-refractivity contribution in [1.82, 2.24) is 15.8 Å². The lowest BCUT2D eigenvalue weighted by Gasteiger charge is -2.17. The predicted octanol–water partition coefficient (Wildman–Crippen LogP) is 1.19. The second-order valence-electron chi connectivity index (χ2n) is 6.15. The predicted molar refractivity (Wildman–Crippen MR) is 94.8 cm³/mol. The van der Waals surface area contributed by atoms with Crippen LogP contribution in [0.1, 0.15) is 30.3 Å². The standard InChI is InChI=1S/C18H18N4O6/c1-10-9-13(22-28-10)20-17(25)15(11-5-3-2-4-6-11)27-14(23)8-7-12-16(24)21-18(26)19-12/h2-6,9,12,15H,7-8H2,1H3,(H,20,22,25)(H2,19,21,24,26)/t12-,15-/m1/s1. The van der Waals surface area contributed by atoms with Gasteiger partial charge in [-0.05, 0) is 13.3 Å². The van der Waals surface area contributed by atoms with Crippen molar-refractivity contribution in [1.29, 1.82) is 0 Å². The lowest BCUT2D eigenvalue weighted by Crippen LogP contribution is -2.30. The summed E-state index contributed by atoms with van der Waals surface area (Å²) in [5, 5.41) is 10.7. The normalized spacial score (nSPS) is 16.8. The van der Waals surface area contributed by atoms with Gasteiger partial charge in [0.1, 0.15) is 11.8 Å². The van der Waals surface area contributed by atoms with Gasteiger partial charge in [-0.2, -0.15) is 0 Å². The fourth-order valence-electron chi connectivity index (χ4n) is 2.63. The summed E-state index contributed by atoms with van der Waals surface area (Å²) in [4.78, 5) is 47.5. The minimum atomic E-state index is -1.21. The molecule has 1 aromatic heterocycles. The number of rotatable bonds is 7. The summed E-state index contributed by atoms with van der Waals surface area (Å²) in [5.41, 5.74) is 0.473. The lowest BCUT2D eigenvalue weighted by molar-refractivity contribution is -0.155. The third kappa shape index (κ3) is 4.72. The Kier molecular flexibility index (Phi) is 5.68. The zero-order chi connectivity index (χ0) is 20.1. The molecule has 0 spiro atoms. The number of esters is 1. The van der Waals surface area contributed by atoms with Crippen LogP contribution in [-0.4, -0.2) is 35.0 Å². The quantitative estimate of drug-likeness (QED) is 0.480. The van der Waals surface area contributed by atoms with Crippen LogP contribution in [0.2, 0.25) is 0 Å². The minimum Gasteiger partial charge on any atom is -0.447 e. The van der Waals surface area contributed by atoms with E-state index in [0.717, 1.165) is 0 Å². The monoisotopic (exact) mass is 386 g/mol. The molecule has 1 fully saturated rings. The molecule has 10 heteroatoms. The van der Waals surface area contributed by atoms with E-state index in [-0.39, 0.29) is 18.7 Å². The van der Waals surface area contributed by atoms with E-state index in [4.69, 9.17) is 9.26 Å². The van der Waals surface area contributed by atoms with Gasteiger partial charge >= 0.3 is 12.0 Å². The number of hydrogen-bond acceptors (Lipinski definition) is 7. The summed E-state index contributed by atoms with van der Waals surface area (Å²) in [6.45, 7) is 1.68. The molecule has 28 heavy (non-hydrogen) atoms. The smallest absolute Gasteiger partial charge is 0.322 e. The van der Waals surface area contributed by atoms with E-state index in [1.54, 1.807) is 37.3 Å². The molecule has 146 valence electrons. The first-order valence-corrected chi connectivity index (χ1v) is 8.52. The van der Waals surface area contributed by atoms with Gasteiger partial charge in [0.25, 0.3) is 11.8 Å². The molecule has 2 aromatic rings. The highest BCUT2D eigenvalue weighted by molar-refractivity contribution is 6.04. The number of ether oxygens (including phenoxy) is 1. The van der Waals surface area contributed by atoms with Gasteiger partial charge in [0.2, 0.25) is 6.10 Å². The molecule has 0 unspecified atom stereocenters. The van der Waals surface area contributed by atoms with Gasteiger partial charge in [-0.25, -0.2) is 4.79 Å². The second-order valence-corrected chi connectivity index (χ2v) is 6.15. The van der Waals surface area contributed by atoms with Crippen LogP contribution in [-0.2, 0) is 19.1 Å². The molecule has 1 aliphatic rings. The Bertz CT molecular complexity index is 894. The maximum Gasteiger partial charge on any atom is 0.322 e. The molecule has 1 aromatic carbocycles. The van der Waals surface area contributed by atoms with Crippen molar-refractivity contribution in [3.05, 3.63) is 47.7 Å². The average Bonchev–Trinajstić information content (AvgIpc) is 3.22. The number of benzene rings is 1. The molecule has 0 aliphatic carbocycles. The Morgan fingerprint density at radius 2 is 2.04 bits per heavy atom. The largest absolute Gasteiger partial charge is 0.447 e. The van der Waals surface area contributed by atoms with Crippen LogP contribution in [0.25, 0.3) is 0 Å². The van der Waals surface area contributed by atoms with Gasteiger partial charge in [-0.1, -0.05) is 35.5 Å². The van der Waals surface area contributed by atoms with E-state index in [0.29, 0.717) is 11.3 Å². The summed E-state index contributed by atoms with van der Waals surface area (Å²) in [6.07, 6.45) is -1.31. The topological polar surface area (TPSA) is 140 Å². The van der Waals surface area contributed by atoms with E-state index >= 15 is 0 Å². The molecule has 2 heterocycles. The van der Waals surface area contributed by atoms with E-state index in [9.17, 15) is 19.2 Å². The van der Waals surface area contributed by atoms with E-state index < -0.39 is 36.0 Å². The molecule has 2 atom stereocenters. The van der Waals surface area contributed by atoms with Gasteiger partial charge in [-0.3, -0.25) is 19.7 Å². The molecule has 3 rings (SSSR count). The Labute approximate surface area is 159 Å². The van der Waals surface area contributed by atoms with Crippen LogP contribution in [0.5, 0.6) is 0 Å². The highest BCUT2D eigenvalue weighted by Gasteiger charge is 2.31. The summed E-state index contributed by atoms with van der Waals surface area (Å²) in [6, 6.07) is 8.61. The van der Waals surface area contributed by atoms with Crippen LogP contribution in [0.3, 0.4) is 0 Å². The second kappa shape index (κ2) is 8.33. The average molecular weight is 386 g/mol. The van der Waals surface area contributed by atoms with Gasteiger partial charge < -0.3 is 19.9 Å². The van der Waals surface area contributed by atoms with Gasteiger partial charge in [-0.15, -0.1) is 0 Å². The van der Waals surface area contributed by atoms with Crippen LogP contribution in [0.4, 0.5) is 10.6 Å². The number of amides is 4. The fourth-order valence-corrected chi connectivity index (χ4v) is 2.63. The first-order chi connectivity index (χ1) is 13.4. The molecule has 0 bridgehead atoms. The summed E-state index contributed by atoms with van der Waals surface area (Å²) in [7, 11) is 0. The first kappa shape index (κ1) is 19.1. The Morgan fingerprint density at radius 1 is 1.29 bits per heavy atom. The number of hydrogen-bond donors (Lipinski definition) is 3. The molecule has 4 amide bonds. The number of carbonyl (C=O) groups excluding carboxylic acids is 4. The Hall–Kier alpha value is -3.69. The molecule has 0 radical (unpaired) electrons. The lowest BCUT2D eigenvalue weighted by atomic mass is 10.1. The maximum atomic E-state index is 12.6. The van der Waals surface area contributed by atoms with Crippen molar-refractivity contribution in [3.8, 4) is 0 Å². The van der Waals surface area contributed by atoms with Gasteiger partial charge in [0, 0.05) is 18.1 Å². The fraction of sp³-hybridized carbons (Fsp3) is 0.278. The van der Waals surface area contributed by atoms with Crippen molar-refractivity contribution in [2.45, 2.75) is 31.9 Å². The molecular formula is C18H18N4O6. The van der Waals surface area contributed by atoms with Crippen molar-refractivity contribution < 1.29 is 28.4 Å². The molecule has 1 saturated heterocycles. The van der Waals surface area contributed by atoms with Crippen molar-refractivity contribution in [2.24, 2.45) is 0 Å². The number of aromatic nitrogens is 1. The van der Waals surface area contributed by atoms with Gasteiger partial charge in [0.15, 0.2) is 5.82 Å². The van der Waals surface area contributed by atoms with E-state index in [1.807, 2.05) is 0 Å². The zero-order valence-corrected chi connectivity index (χ0v) is 14.9. The molecule has 3 N–H and O–H groups in total. The first-order valence-electron chi connectivity index (χ1n) is 8.52. The highest BCUT2D eigenvalue weighted by atomic mass is 16.5. The SMILES string of the molecule is Cc1cc(NC(=O)[C@H](OC(=O)CC[C@H]2NC(=O)NC2=O)c2ccccc2)no1. The van der Waals surface area contributed by atoms with Crippen LogP contribution in [0, 0.1) is 6.92 Å². The number of aryl methyl sites for hydroxylation is 1. The van der Waals surface area contributed by atoms with Crippen molar-refractivity contribution >= 4 is 29.6 Å². The summed E-state index contributed by atoms with van der Waals surface area (Å²) < 4.78 is 10.2. The molecular weight excluding hydrogens is 368 g/mol. The number of carbonyl (C=O) groups is 4. The zero-order valence-electron chi connectivity index (χ0n) is 14.9. The van der Waals surface area contributed by atoms with Crippen LogP contribution < -0.4 is 16.0 Å². The van der Waals surface area contributed by atoms with E-state index in [2.05, 4.69) is 21.1 Å². The third-order valence-corrected chi connectivity index (χ3v) is 3.96. The molecule has 1 aliphatic heterocycles. The Balaban J connectivity index is 1.65. The number of imide groups is 1. The Morgan fingerprint density at radius 3 is 2.64 bits per heavy atom. The third-order valence-electron chi connectivity index (χ3n) is 3.96. The van der Waals surface area contributed by atoms with Crippen molar-refractivity contribution in [2.75, 3.05) is 5.32 Å². The molecule has 10 nitrogen and oxygen atoms in total. The van der Waals surface area contributed by atoms with Crippen LogP contribution in [0.15, 0.2) is 40.9 Å². The molecule has 0 saturated carbocycles. The summed E-state index contributed by atoms with van der Waals surface area (Å²) in [5.74, 6) is -1.07. The highest BCUT2D eigenvalue weighted by Crippen LogP contribution is 2.21. The summed E-state index contributed by atoms with van der Waals surface area (Å²) >= 11 is 0. The number of nitrogens with zero attached hydrogens (tertiary/aromatic N) is 1. The van der Waals surface area contributed by atoms with Gasteiger partial charge in [0.05, 0.1) is 0 Å². The van der Waals surface area contributed by atoms with E-state index in [1.165, 1.54) is 6.07 Å². The number of nitrogens with one attached hydrogen (secondary N) is 3.